The van der Waals surface area contributed by atoms with Crippen molar-refractivity contribution in [2.24, 2.45) is 23.7 Å². The fourth-order valence-corrected chi connectivity index (χ4v) is 5.98. The van der Waals surface area contributed by atoms with Crippen LogP contribution in [0.1, 0.15) is 89.2 Å². The summed E-state index contributed by atoms with van der Waals surface area (Å²) in [4.78, 5) is 0. The van der Waals surface area contributed by atoms with Crippen LogP contribution in [0.5, 0.6) is 0 Å². The second kappa shape index (κ2) is 11.4. The molecule has 3 heteroatoms. The summed E-state index contributed by atoms with van der Waals surface area (Å²) < 4.78 is 35.0. The van der Waals surface area contributed by atoms with Crippen molar-refractivity contribution in [2.45, 2.75) is 96.0 Å². The zero-order chi connectivity index (χ0) is 20.6. The molecule has 3 rings (SSSR count). The number of benzene rings is 1. The molecule has 0 spiro atoms. The highest BCUT2D eigenvalue weighted by Gasteiger charge is 2.35. The maximum absolute atomic E-state index is 14.9. The van der Waals surface area contributed by atoms with Crippen molar-refractivity contribution >= 4 is 0 Å². The Morgan fingerprint density at radius 2 is 1.41 bits per heavy atom. The van der Waals surface area contributed by atoms with Crippen LogP contribution in [0.2, 0.25) is 0 Å². The van der Waals surface area contributed by atoms with Gasteiger partial charge in [-0.1, -0.05) is 75.8 Å². The van der Waals surface area contributed by atoms with Gasteiger partial charge in [-0.15, -0.1) is 0 Å². The van der Waals surface area contributed by atoms with Gasteiger partial charge in [0.1, 0.15) is 12.3 Å². The quantitative estimate of drug-likeness (QED) is 0.405. The van der Waals surface area contributed by atoms with Crippen LogP contribution < -0.4 is 0 Å². The highest BCUT2D eigenvalue weighted by molar-refractivity contribution is 5.19. The van der Waals surface area contributed by atoms with Crippen molar-refractivity contribution in [3.63, 3.8) is 0 Å². The van der Waals surface area contributed by atoms with Gasteiger partial charge in [-0.05, 0) is 61.3 Å². The van der Waals surface area contributed by atoms with E-state index in [9.17, 15) is 8.78 Å². The average Bonchev–Trinajstić information content (AvgIpc) is 2.76. The molecule has 2 fully saturated rings. The minimum Gasteiger partial charge on any atom is -0.374 e. The van der Waals surface area contributed by atoms with Crippen molar-refractivity contribution in [1.82, 2.24) is 0 Å². The lowest BCUT2D eigenvalue weighted by Gasteiger charge is -2.38. The molecular formula is C26H40F2O. The molecule has 2 aliphatic rings. The first-order chi connectivity index (χ1) is 14.1. The Labute approximate surface area is 176 Å². The fraction of sp³-hybridized carbons (Fsp3) is 0.769. The van der Waals surface area contributed by atoms with E-state index in [1.165, 1.54) is 58.5 Å². The monoisotopic (exact) mass is 406 g/mol. The van der Waals surface area contributed by atoms with Crippen LogP contribution >= 0.6 is 0 Å². The molecular weight excluding hydrogens is 366 g/mol. The summed E-state index contributed by atoms with van der Waals surface area (Å²) in [5.74, 6) is 2.99. The molecule has 3 atom stereocenters. The smallest absolute Gasteiger partial charge is 0.161 e. The summed E-state index contributed by atoms with van der Waals surface area (Å²) >= 11 is 0. The fourth-order valence-electron chi connectivity index (χ4n) is 5.98. The van der Waals surface area contributed by atoms with E-state index in [1.54, 1.807) is 0 Å². The Morgan fingerprint density at radius 3 is 1.93 bits per heavy atom. The molecule has 1 aromatic rings. The molecule has 0 bridgehead atoms. The number of ether oxygens (including phenoxy) is 1. The van der Waals surface area contributed by atoms with E-state index in [1.807, 2.05) is 30.3 Å². The van der Waals surface area contributed by atoms with E-state index < -0.39 is 18.4 Å². The minimum atomic E-state index is -1.60. The highest BCUT2D eigenvalue weighted by atomic mass is 19.2. The van der Waals surface area contributed by atoms with Gasteiger partial charge in [-0.3, -0.25) is 0 Å². The normalized spacial score (nSPS) is 31.2. The van der Waals surface area contributed by atoms with Gasteiger partial charge in [0.2, 0.25) is 0 Å². The highest BCUT2D eigenvalue weighted by Crippen LogP contribution is 2.43. The zero-order valence-corrected chi connectivity index (χ0v) is 18.4. The SMILES string of the molecule is CCCC1CCC(C2CCC(CC(F)C(F)C(OC)c3ccccc3)CC2)CC1. The molecule has 164 valence electrons. The van der Waals surface area contributed by atoms with Crippen LogP contribution in [0, 0.1) is 23.7 Å². The first-order valence-corrected chi connectivity index (χ1v) is 12.0. The van der Waals surface area contributed by atoms with Crippen molar-refractivity contribution in [2.75, 3.05) is 7.11 Å². The molecule has 0 N–H and O–H groups in total. The van der Waals surface area contributed by atoms with Crippen molar-refractivity contribution in [3.8, 4) is 0 Å². The Kier molecular flexibility index (Phi) is 8.96. The minimum absolute atomic E-state index is 0.323. The van der Waals surface area contributed by atoms with Crippen LogP contribution in [-0.4, -0.2) is 19.5 Å². The van der Waals surface area contributed by atoms with Crippen LogP contribution in [0.15, 0.2) is 30.3 Å². The third-order valence-corrected chi connectivity index (χ3v) is 7.72. The number of rotatable bonds is 9. The second-order valence-corrected chi connectivity index (χ2v) is 9.61. The van der Waals surface area contributed by atoms with Gasteiger partial charge in [-0.25, -0.2) is 8.78 Å². The second-order valence-electron chi connectivity index (χ2n) is 9.61. The number of hydrogen-bond acceptors (Lipinski definition) is 1. The molecule has 0 saturated heterocycles. The summed E-state index contributed by atoms with van der Waals surface area (Å²) in [7, 11) is 1.47. The number of methoxy groups -OCH3 is 1. The van der Waals surface area contributed by atoms with Crippen LogP contribution in [-0.2, 0) is 4.74 Å². The molecule has 3 unspecified atom stereocenters. The van der Waals surface area contributed by atoms with Gasteiger partial charge in [0, 0.05) is 7.11 Å². The molecule has 2 aliphatic carbocycles. The maximum Gasteiger partial charge on any atom is 0.161 e. The summed E-state index contributed by atoms with van der Waals surface area (Å²) in [6, 6.07) is 9.20. The largest absolute Gasteiger partial charge is 0.374 e. The van der Waals surface area contributed by atoms with Crippen molar-refractivity contribution < 1.29 is 13.5 Å². The zero-order valence-electron chi connectivity index (χ0n) is 18.4. The number of alkyl halides is 2. The van der Waals surface area contributed by atoms with Crippen LogP contribution in [0.25, 0.3) is 0 Å². The topological polar surface area (TPSA) is 9.23 Å². The van der Waals surface area contributed by atoms with Crippen LogP contribution in [0.4, 0.5) is 8.78 Å². The Morgan fingerprint density at radius 1 is 0.862 bits per heavy atom. The lowest BCUT2D eigenvalue weighted by atomic mass is 9.68. The molecule has 0 radical (unpaired) electrons. The van der Waals surface area contributed by atoms with Gasteiger partial charge in [0.05, 0.1) is 0 Å². The predicted molar refractivity (Wildman–Crippen MR) is 116 cm³/mol. The summed E-state index contributed by atoms with van der Waals surface area (Å²) in [6.07, 6.45) is 9.33. The molecule has 0 aromatic heterocycles. The lowest BCUT2D eigenvalue weighted by Crippen LogP contribution is -2.31. The van der Waals surface area contributed by atoms with E-state index in [0.717, 1.165) is 30.6 Å². The van der Waals surface area contributed by atoms with Gasteiger partial charge in [-0.2, -0.15) is 0 Å². The predicted octanol–water partition coefficient (Wildman–Crippen LogP) is 7.85. The van der Waals surface area contributed by atoms with Gasteiger partial charge >= 0.3 is 0 Å². The van der Waals surface area contributed by atoms with Gasteiger partial charge in [0.15, 0.2) is 6.17 Å². The molecule has 29 heavy (non-hydrogen) atoms. The third kappa shape index (κ3) is 6.26. The van der Waals surface area contributed by atoms with E-state index in [4.69, 9.17) is 4.74 Å². The molecule has 1 nitrogen and oxygen atoms in total. The average molecular weight is 407 g/mol. The lowest BCUT2D eigenvalue weighted by molar-refractivity contribution is -0.0150. The van der Waals surface area contributed by atoms with E-state index in [0.29, 0.717) is 17.9 Å². The van der Waals surface area contributed by atoms with Gasteiger partial charge < -0.3 is 4.74 Å². The van der Waals surface area contributed by atoms with Gasteiger partial charge in [0.25, 0.3) is 0 Å². The van der Waals surface area contributed by atoms with E-state index in [2.05, 4.69) is 6.92 Å². The summed E-state index contributed by atoms with van der Waals surface area (Å²) in [6.45, 7) is 2.29. The molecule has 2 saturated carbocycles. The third-order valence-electron chi connectivity index (χ3n) is 7.72. The Balaban J connectivity index is 1.43. The Bertz CT molecular complexity index is 561. The van der Waals surface area contributed by atoms with E-state index in [-0.39, 0.29) is 0 Å². The van der Waals surface area contributed by atoms with E-state index >= 15 is 0 Å². The maximum atomic E-state index is 14.9. The molecule has 0 heterocycles. The first kappa shape index (κ1) is 22.7. The number of hydrogen-bond donors (Lipinski definition) is 0. The summed E-state index contributed by atoms with van der Waals surface area (Å²) in [5.41, 5.74) is 0.715. The summed E-state index contributed by atoms with van der Waals surface area (Å²) in [5, 5.41) is 0. The molecule has 0 amide bonds. The first-order valence-electron chi connectivity index (χ1n) is 12.0. The van der Waals surface area contributed by atoms with Crippen LogP contribution in [0.3, 0.4) is 0 Å². The molecule has 0 aliphatic heterocycles. The number of halogens is 2. The van der Waals surface area contributed by atoms with Crippen molar-refractivity contribution in [1.29, 1.82) is 0 Å². The van der Waals surface area contributed by atoms with Crippen molar-refractivity contribution in [3.05, 3.63) is 35.9 Å². The standard InChI is InChI=1S/C26H40F2O/c1-3-7-19-10-14-21(15-11-19)22-16-12-20(13-17-22)18-24(27)25(28)26(29-2)23-8-5-4-6-9-23/h4-6,8-9,19-22,24-26H,3,7,10-18H2,1-2H3. The molecule has 1 aromatic carbocycles. The Hall–Kier alpha value is -0.960.